The Bertz CT molecular complexity index is 603. The van der Waals surface area contributed by atoms with Gasteiger partial charge in [-0.3, -0.25) is 0 Å². The van der Waals surface area contributed by atoms with Gasteiger partial charge in [0, 0.05) is 0 Å². The number of hydrogen-bond acceptors (Lipinski definition) is 0. The second kappa shape index (κ2) is 17.8. The Balaban J connectivity index is 0. The summed E-state index contributed by atoms with van der Waals surface area (Å²) in [5.41, 5.74) is 4.93. The fraction of sp³-hybridized carbons (Fsp3) is 0.842. The fourth-order valence-electron chi connectivity index (χ4n) is 8.01. The Morgan fingerprint density at radius 1 is 0.342 bits per heavy atom. The van der Waals surface area contributed by atoms with Crippen LogP contribution in [0.3, 0.4) is 0 Å². The van der Waals surface area contributed by atoms with E-state index in [0.29, 0.717) is 23.2 Å². The summed E-state index contributed by atoms with van der Waals surface area (Å²) in [6.45, 7) is 46.5. The van der Waals surface area contributed by atoms with Crippen LogP contribution in [0.4, 0.5) is 0 Å². The maximum absolute atomic E-state index is 2.38. The molecule has 0 amide bonds. The molecule has 1 aromatic rings. The van der Waals surface area contributed by atoms with Crippen LogP contribution in [0, 0.1) is 52.8 Å². The molecule has 0 N–H and O–H groups in total. The molecule has 0 saturated heterocycles. The first-order chi connectivity index (χ1) is 17.2. The number of benzene rings is 1. The number of rotatable bonds is 10. The highest BCUT2D eigenvalue weighted by molar-refractivity contribution is 5.35. The van der Waals surface area contributed by atoms with Crippen molar-refractivity contribution in [1.29, 1.82) is 0 Å². The summed E-state index contributed by atoms with van der Waals surface area (Å²) >= 11 is 0. The standard InChI is InChI=1S/C15H24.C13H28.C10H22/c1-10(2)13-7-14(11(3)4)9-15(8-13)12(5)6;1-9(2)13(10(3)4,11(5)6)12(7)8;1-7(2)10(8(3)4)9(5)6/h7-12H,1-6H3;9-12H,1-8H3;7-10H,1-6H3. The Hall–Kier alpha value is -0.780. The summed E-state index contributed by atoms with van der Waals surface area (Å²) in [5, 5.41) is 0. The lowest BCUT2D eigenvalue weighted by atomic mass is 9.56. The van der Waals surface area contributed by atoms with Crippen molar-refractivity contribution >= 4 is 0 Å². The van der Waals surface area contributed by atoms with Crippen LogP contribution in [0.1, 0.15) is 173 Å². The summed E-state index contributed by atoms with van der Waals surface area (Å²) in [6.07, 6.45) is 0. The minimum atomic E-state index is 0.500. The van der Waals surface area contributed by atoms with E-state index in [0.717, 1.165) is 47.3 Å². The molecule has 0 spiro atoms. The molecule has 0 saturated carbocycles. The zero-order valence-corrected chi connectivity index (χ0v) is 30.1. The summed E-state index contributed by atoms with van der Waals surface area (Å²) in [4.78, 5) is 0. The van der Waals surface area contributed by atoms with Crippen molar-refractivity contribution in [2.24, 2.45) is 52.8 Å². The third kappa shape index (κ3) is 11.8. The van der Waals surface area contributed by atoms with Gasteiger partial charge in [0.1, 0.15) is 0 Å². The predicted molar refractivity (Wildman–Crippen MR) is 178 cm³/mol. The summed E-state index contributed by atoms with van der Waals surface area (Å²) in [5.74, 6) is 8.35. The topological polar surface area (TPSA) is 0 Å². The second-order valence-electron chi connectivity index (χ2n) is 15.3. The predicted octanol–water partition coefficient (Wildman–Crippen LogP) is 13.2. The molecule has 0 nitrogen and oxygen atoms in total. The number of hydrogen-bond donors (Lipinski definition) is 0. The Kier molecular flexibility index (Phi) is 18.5. The average molecular weight is 531 g/mol. The molecule has 0 aliphatic heterocycles. The molecule has 38 heavy (non-hydrogen) atoms. The maximum atomic E-state index is 2.38. The zero-order valence-electron chi connectivity index (χ0n) is 30.1. The van der Waals surface area contributed by atoms with Crippen molar-refractivity contribution in [3.05, 3.63) is 34.9 Å². The third-order valence-electron chi connectivity index (χ3n) is 9.31. The second-order valence-corrected chi connectivity index (χ2v) is 15.3. The molecule has 0 aliphatic carbocycles. The van der Waals surface area contributed by atoms with E-state index >= 15 is 0 Å². The van der Waals surface area contributed by atoms with Gasteiger partial charge in [-0.2, -0.15) is 0 Å². The van der Waals surface area contributed by atoms with Gasteiger partial charge in [-0.15, -0.1) is 0 Å². The lowest BCUT2D eigenvalue weighted by Crippen LogP contribution is -2.42. The van der Waals surface area contributed by atoms with Gasteiger partial charge in [-0.1, -0.05) is 157 Å². The smallest absolute Gasteiger partial charge is 0.0205 e. The van der Waals surface area contributed by atoms with Gasteiger partial charge < -0.3 is 0 Å². The van der Waals surface area contributed by atoms with Crippen LogP contribution in [0.5, 0.6) is 0 Å². The molecule has 0 heteroatoms. The van der Waals surface area contributed by atoms with E-state index in [-0.39, 0.29) is 0 Å². The molecular weight excluding hydrogens is 456 g/mol. The van der Waals surface area contributed by atoms with Crippen molar-refractivity contribution in [2.45, 2.75) is 156 Å². The Labute approximate surface area is 243 Å². The van der Waals surface area contributed by atoms with Crippen LogP contribution >= 0.6 is 0 Å². The molecule has 0 atom stereocenters. The minimum absolute atomic E-state index is 0.500. The van der Waals surface area contributed by atoms with Crippen LogP contribution < -0.4 is 0 Å². The lowest BCUT2D eigenvalue weighted by Gasteiger charge is -2.49. The van der Waals surface area contributed by atoms with Gasteiger partial charge in [0.05, 0.1) is 0 Å². The highest BCUT2D eigenvalue weighted by Gasteiger charge is 2.42. The summed E-state index contributed by atoms with van der Waals surface area (Å²) in [6, 6.07) is 7.09. The first kappa shape index (κ1) is 39.4. The maximum Gasteiger partial charge on any atom is -0.0205 e. The zero-order chi connectivity index (χ0) is 30.7. The van der Waals surface area contributed by atoms with Gasteiger partial charge >= 0.3 is 0 Å². The van der Waals surface area contributed by atoms with E-state index in [2.05, 4.69) is 157 Å². The van der Waals surface area contributed by atoms with Gasteiger partial charge in [0.25, 0.3) is 0 Å². The molecule has 0 aromatic heterocycles. The largest absolute Gasteiger partial charge is 0.0625 e. The Morgan fingerprint density at radius 3 is 0.579 bits per heavy atom. The normalized spacial score (nSPS) is 12.7. The van der Waals surface area contributed by atoms with Crippen LogP contribution in [0.25, 0.3) is 0 Å². The summed E-state index contributed by atoms with van der Waals surface area (Å²) in [7, 11) is 0. The van der Waals surface area contributed by atoms with Crippen LogP contribution in [-0.2, 0) is 0 Å². The molecule has 0 aliphatic rings. The molecule has 1 aromatic carbocycles. The first-order valence-electron chi connectivity index (χ1n) is 16.3. The van der Waals surface area contributed by atoms with E-state index in [1.807, 2.05) is 0 Å². The van der Waals surface area contributed by atoms with Crippen molar-refractivity contribution < 1.29 is 0 Å². The van der Waals surface area contributed by atoms with Crippen molar-refractivity contribution in [3.63, 3.8) is 0 Å². The highest BCUT2D eigenvalue weighted by Crippen LogP contribution is 2.48. The van der Waals surface area contributed by atoms with E-state index in [9.17, 15) is 0 Å². The molecule has 0 bridgehead atoms. The van der Waals surface area contributed by atoms with Crippen LogP contribution in [-0.4, -0.2) is 0 Å². The molecular formula is C38H74. The molecule has 1 rings (SSSR count). The van der Waals surface area contributed by atoms with Crippen LogP contribution in [0.15, 0.2) is 18.2 Å². The lowest BCUT2D eigenvalue weighted by molar-refractivity contribution is -0.00353. The minimum Gasteiger partial charge on any atom is -0.0625 e. The molecule has 0 fully saturated rings. The van der Waals surface area contributed by atoms with E-state index in [4.69, 9.17) is 0 Å². The quantitative estimate of drug-likeness (QED) is 0.282. The average Bonchev–Trinajstić information content (AvgIpc) is 2.72. The molecule has 0 heterocycles. The fourth-order valence-corrected chi connectivity index (χ4v) is 8.01. The van der Waals surface area contributed by atoms with Crippen molar-refractivity contribution in [2.75, 3.05) is 0 Å². The third-order valence-corrected chi connectivity index (χ3v) is 9.31. The summed E-state index contributed by atoms with van der Waals surface area (Å²) < 4.78 is 0. The van der Waals surface area contributed by atoms with Crippen molar-refractivity contribution in [3.8, 4) is 0 Å². The van der Waals surface area contributed by atoms with E-state index in [1.165, 1.54) is 16.7 Å². The molecule has 0 radical (unpaired) electrons. The Morgan fingerprint density at radius 2 is 0.526 bits per heavy atom. The van der Waals surface area contributed by atoms with Gasteiger partial charge in [-0.05, 0) is 87.2 Å². The molecule has 226 valence electrons. The SMILES string of the molecule is CC(C)C(C(C)C)(C(C)C)C(C)C.CC(C)C(C(C)C)C(C)C.CC(C)c1cc(C(C)C)cc(C(C)C)c1. The van der Waals surface area contributed by atoms with E-state index in [1.54, 1.807) is 0 Å². The van der Waals surface area contributed by atoms with Gasteiger partial charge in [-0.25, -0.2) is 0 Å². The van der Waals surface area contributed by atoms with Gasteiger partial charge in [0.2, 0.25) is 0 Å². The van der Waals surface area contributed by atoms with Crippen LogP contribution in [0.2, 0.25) is 0 Å². The molecule has 0 unspecified atom stereocenters. The monoisotopic (exact) mass is 531 g/mol. The highest BCUT2D eigenvalue weighted by atomic mass is 14.5. The van der Waals surface area contributed by atoms with E-state index < -0.39 is 0 Å². The van der Waals surface area contributed by atoms with Gasteiger partial charge in [0.15, 0.2) is 0 Å². The van der Waals surface area contributed by atoms with Crippen molar-refractivity contribution in [1.82, 2.24) is 0 Å². The first-order valence-corrected chi connectivity index (χ1v) is 16.3.